The molecule has 0 aliphatic carbocycles. The lowest BCUT2D eigenvalue weighted by Crippen LogP contribution is -1.96. The van der Waals surface area contributed by atoms with Gasteiger partial charge in [-0.3, -0.25) is 0 Å². The van der Waals surface area contributed by atoms with Crippen molar-refractivity contribution in [2.75, 3.05) is 14.2 Å². The highest BCUT2D eigenvalue weighted by Crippen LogP contribution is 2.35. The molecule has 3 aromatic rings. The van der Waals surface area contributed by atoms with Gasteiger partial charge in [-0.25, -0.2) is 4.98 Å². The van der Waals surface area contributed by atoms with Crippen molar-refractivity contribution >= 4 is 38.6 Å². The molecule has 1 heterocycles. The number of imidazole rings is 1. The monoisotopic (exact) mass is 397 g/mol. The van der Waals surface area contributed by atoms with Crippen LogP contribution in [0.15, 0.2) is 40.9 Å². The van der Waals surface area contributed by atoms with Crippen LogP contribution in [0.2, 0.25) is 0 Å². The first-order valence-corrected chi connectivity index (χ1v) is 8.33. The molecule has 6 heteroatoms. The molecular weight excluding hydrogens is 382 g/mol. The van der Waals surface area contributed by atoms with Gasteiger partial charge in [0.1, 0.15) is 6.07 Å². The van der Waals surface area contributed by atoms with Crippen molar-refractivity contribution in [3.05, 3.63) is 52.3 Å². The average molecular weight is 398 g/mol. The van der Waals surface area contributed by atoms with Crippen LogP contribution >= 0.6 is 15.9 Å². The van der Waals surface area contributed by atoms with E-state index in [2.05, 4.69) is 27.0 Å². The Balaban J connectivity index is 2.15. The number of hydrogen-bond acceptors (Lipinski definition) is 4. The Morgan fingerprint density at radius 1 is 1.20 bits per heavy atom. The highest BCUT2D eigenvalue weighted by molar-refractivity contribution is 9.10. The molecule has 0 amide bonds. The number of ether oxygens (including phenoxy) is 2. The van der Waals surface area contributed by atoms with Crippen LogP contribution in [0.4, 0.5) is 0 Å². The fourth-order valence-electron chi connectivity index (χ4n) is 2.67. The largest absolute Gasteiger partial charge is 0.493 e. The average Bonchev–Trinajstić information content (AvgIpc) is 2.97. The maximum Gasteiger partial charge on any atom is 0.161 e. The van der Waals surface area contributed by atoms with E-state index in [1.54, 1.807) is 20.3 Å². The molecule has 0 spiro atoms. The fourth-order valence-corrected chi connectivity index (χ4v) is 3.11. The van der Waals surface area contributed by atoms with E-state index < -0.39 is 0 Å². The van der Waals surface area contributed by atoms with Gasteiger partial charge in [0.05, 0.1) is 30.8 Å². The van der Waals surface area contributed by atoms with Gasteiger partial charge in [0.2, 0.25) is 0 Å². The highest BCUT2D eigenvalue weighted by atomic mass is 79.9. The first kappa shape index (κ1) is 17.1. The van der Waals surface area contributed by atoms with Crippen LogP contribution in [0.3, 0.4) is 0 Å². The summed E-state index contributed by atoms with van der Waals surface area (Å²) >= 11 is 3.52. The summed E-state index contributed by atoms with van der Waals surface area (Å²) in [6, 6.07) is 13.7. The van der Waals surface area contributed by atoms with Crippen molar-refractivity contribution in [3.63, 3.8) is 0 Å². The summed E-state index contributed by atoms with van der Waals surface area (Å²) in [5.74, 6) is 1.83. The Hall–Kier alpha value is -2.78. The van der Waals surface area contributed by atoms with Crippen LogP contribution in [-0.4, -0.2) is 23.8 Å². The molecule has 0 bridgehead atoms. The molecule has 5 nitrogen and oxygen atoms in total. The number of para-hydroxylation sites is 2. The van der Waals surface area contributed by atoms with Gasteiger partial charge in [0.25, 0.3) is 0 Å². The number of hydrogen-bond donors (Lipinski definition) is 0. The Labute approximate surface area is 154 Å². The molecule has 0 saturated carbocycles. The van der Waals surface area contributed by atoms with Gasteiger partial charge in [0, 0.05) is 11.5 Å². The first-order valence-electron chi connectivity index (χ1n) is 7.54. The third-order valence-electron chi connectivity index (χ3n) is 3.95. The summed E-state index contributed by atoms with van der Waals surface area (Å²) in [5.41, 5.74) is 3.10. The van der Waals surface area contributed by atoms with Crippen molar-refractivity contribution in [1.29, 1.82) is 5.26 Å². The third-order valence-corrected chi connectivity index (χ3v) is 4.64. The molecular formula is C19H16BrN3O2. The van der Waals surface area contributed by atoms with Gasteiger partial charge in [-0.15, -0.1) is 0 Å². The van der Waals surface area contributed by atoms with E-state index in [1.807, 2.05) is 48.0 Å². The van der Waals surface area contributed by atoms with E-state index >= 15 is 0 Å². The lowest BCUT2D eigenvalue weighted by atomic mass is 10.1. The Bertz CT molecular complexity index is 1020. The zero-order valence-corrected chi connectivity index (χ0v) is 15.7. The summed E-state index contributed by atoms with van der Waals surface area (Å²) < 4.78 is 13.4. The second-order valence-corrected chi connectivity index (χ2v) is 6.24. The van der Waals surface area contributed by atoms with Gasteiger partial charge < -0.3 is 14.0 Å². The Morgan fingerprint density at radius 2 is 1.88 bits per heavy atom. The van der Waals surface area contributed by atoms with Crippen molar-refractivity contribution in [2.24, 2.45) is 7.05 Å². The second kappa shape index (κ2) is 6.99. The molecule has 0 aliphatic rings. The Morgan fingerprint density at radius 3 is 2.52 bits per heavy atom. The summed E-state index contributed by atoms with van der Waals surface area (Å²) in [4.78, 5) is 4.59. The molecule has 0 N–H and O–H groups in total. The van der Waals surface area contributed by atoms with E-state index in [4.69, 9.17) is 9.47 Å². The predicted molar refractivity (Wildman–Crippen MR) is 101 cm³/mol. The molecule has 0 unspecified atom stereocenters. The third kappa shape index (κ3) is 3.11. The number of nitriles is 1. The second-order valence-electron chi connectivity index (χ2n) is 5.38. The highest BCUT2D eigenvalue weighted by Gasteiger charge is 2.14. The molecule has 0 atom stereocenters. The summed E-state index contributed by atoms with van der Waals surface area (Å²) in [7, 11) is 5.06. The number of aryl methyl sites for hydroxylation is 1. The van der Waals surface area contributed by atoms with E-state index in [0.717, 1.165) is 21.1 Å². The van der Waals surface area contributed by atoms with Crippen molar-refractivity contribution < 1.29 is 9.47 Å². The molecule has 0 fully saturated rings. The fraction of sp³-hybridized carbons (Fsp3) is 0.158. The standard InChI is InChI=1S/C19H16BrN3O2/c1-23-16-7-5-4-6-15(16)22-19(23)13(11-21)8-12-9-17(24-2)18(25-3)10-14(12)20/h4-10H,1-3H3. The molecule has 0 radical (unpaired) electrons. The van der Waals surface area contributed by atoms with Gasteiger partial charge in [0.15, 0.2) is 17.3 Å². The Kier molecular flexibility index (Phi) is 4.77. The maximum absolute atomic E-state index is 9.67. The van der Waals surface area contributed by atoms with Crippen molar-refractivity contribution in [2.45, 2.75) is 0 Å². The quantitative estimate of drug-likeness (QED) is 0.611. The topological polar surface area (TPSA) is 60.1 Å². The summed E-state index contributed by atoms with van der Waals surface area (Å²) in [5, 5.41) is 9.67. The van der Waals surface area contributed by atoms with E-state index in [-0.39, 0.29) is 0 Å². The zero-order chi connectivity index (χ0) is 18.0. The SMILES string of the molecule is COc1cc(Br)c(C=C(C#N)c2nc3ccccc3n2C)cc1OC. The number of allylic oxidation sites excluding steroid dienone is 1. The normalized spacial score (nSPS) is 11.4. The van der Waals surface area contributed by atoms with Crippen LogP contribution < -0.4 is 9.47 Å². The minimum absolute atomic E-state index is 0.464. The maximum atomic E-state index is 9.67. The minimum atomic E-state index is 0.464. The first-order chi connectivity index (χ1) is 12.1. The molecule has 0 saturated heterocycles. The number of benzene rings is 2. The van der Waals surface area contributed by atoms with Crippen molar-refractivity contribution in [3.8, 4) is 17.6 Å². The lowest BCUT2D eigenvalue weighted by Gasteiger charge is -2.10. The molecule has 1 aromatic heterocycles. The summed E-state index contributed by atoms with van der Waals surface area (Å²) in [6.07, 6.45) is 1.78. The van der Waals surface area contributed by atoms with E-state index in [9.17, 15) is 5.26 Å². The number of fused-ring (bicyclic) bond motifs is 1. The number of rotatable bonds is 4. The van der Waals surface area contributed by atoms with Gasteiger partial charge in [-0.05, 0) is 35.9 Å². The molecule has 3 rings (SSSR count). The van der Waals surface area contributed by atoms with Gasteiger partial charge >= 0.3 is 0 Å². The predicted octanol–water partition coefficient (Wildman–Crippen LogP) is 4.42. The molecule has 0 aliphatic heterocycles. The van der Waals surface area contributed by atoms with Crippen molar-refractivity contribution in [1.82, 2.24) is 9.55 Å². The van der Waals surface area contributed by atoms with Crippen LogP contribution in [0, 0.1) is 11.3 Å². The smallest absolute Gasteiger partial charge is 0.161 e. The zero-order valence-electron chi connectivity index (χ0n) is 14.1. The lowest BCUT2D eigenvalue weighted by molar-refractivity contribution is 0.354. The van der Waals surface area contributed by atoms with E-state index in [1.165, 1.54) is 0 Å². The van der Waals surface area contributed by atoms with Crippen LogP contribution in [0.25, 0.3) is 22.7 Å². The van der Waals surface area contributed by atoms with Gasteiger partial charge in [-0.1, -0.05) is 28.1 Å². The van der Waals surface area contributed by atoms with Crippen LogP contribution in [-0.2, 0) is 7.05 Å². The van der Waals surface area contributed by atoms with Crippen LogP contribution in [0.1, 0.15) is 11.4 Å². The molecule has 2 aromatic carbocycles. The number of aromatic nitrogens is 2. The number of methoxy groups -OCH3 is 2. The molecule has 25 heavy (non-hydrogen) atoms. The number of halogens is 1. The molecule has 126 valence electrons. The van der Waals surface area contributed by atoms with Crippen LogP contribution in [0.5, 0.6) is 11.5 Å². The van der Waals surface area contributed by atoms with Gasteiger partial charge in [-0.2, -0.15) is 5.26 Å². The van der Waals surface area contributed by atoms with E-state index in [0.29, 0.717) is 22.9 Å². The minimum Gasteiger partial charge on any atom is -0.493 e. The summed E-state index contributed by atoms with van der Waals surface area (Å²) in [6.45, 7) is 0. The number of nitrogens with zero attached hydrogens (tertiary/aromatic N) is 3.